The second-order valence-electron chi connectivity index (χ2n) is 12.5. The monoisotopic (exact) mass is 614 g/mol. The summed E-state index contributed by atoms with van der Waals surface area (Å²) in [5.41, 5.74) is 6.74. The molecular weight excluding hydrogens is 584 g/mol. The molecule has 6 rings (SSSR count). The number of pyridine rings is 2. The molecule has 2 aliphatic rings. The molecule has 1 aliphatic carbocycles. The first-order chi connectivity index (χ1) is 21.3. The lowest BCUT2D eigenvalue weighted by atomic mass is 9.95. The van der Waals surface area contributed by atoms with E-state index in [0.717, 1.165) is 5.01 Å². The van der Waals surface area contributed by atoms with Crippen molar-refractivity contribution in [1.82, 2.24) is 25.9 Å². The summed E-state index contributed by atoms with van der Waals surface area (Å²) in [5, 5.41) is 19.4. The number of hydrazine groups is 2. The Kier molecular flexibility index (Phi) is 7.21. The summed E-state index contributed by atoms with van der Waals surface area (Å²) in [6.45, 7) is 6.80. The number of nitriles is 1. The minimum atomic E-state index is -4.46. The highest BCUT2D eigenvalue weighted by Crippen LogP contribution is 2.54. The van der Waals surface area contributed by atoms with E-state index >= 15 is 0 Å². The first-order valence-corrected chi connectivity index (χ1v) is 14.3. The van der Waals surface area contributed by atoms with Gasteiger partial charge in [-0.15, -0.1) is 12.0 Å². The summed E-state index contributed by atoms with van der Waals surface area (Å²) in [5.74, 6) is 2.18. The van der Waals surface area contributed by atoms with Gasteiger partial charge in [0.1, 0.15) is 11.9 Å². The van der Waals surface area contributed by atoms with Crippen molar-refractivity contribution in [2.24, 2.45) is 5.41 Å². The number of alkyl halides is 3. The van der Waals surface area contributed by atoms with Crippen LogP contribution in [0.1, 0.15) is 56.3 Å². The Balaban J connectivity index is 1.50. The van der Waals surface area contributed by atoms with Gasteiger partial charge in [-0.1, -0.05) is 32.8 Å². The molecular formula is C33H30F4N8. The van der Waals surface area contributed by atoms with Crippen LogP contribution in [0.2, 0.25) is 0 Å². The molecule has 0 bridgehead atoms. The number of nitrogens with zero attached hydrogens (tertiary/aromatic N) is 4. The fraction of sp³-hybridized carbons (Fsp3) is 0.303. The van der Waals surface area contributed by atoms with Gasteiger partial charge < -0.3 is 16.1 Å². The molecule has 0 spiro atoms. The molecule has 230 valence electrons. The number of aromatic nitrogens is 2. The molecule has 1 fully saturated rings. The predicted molar refractivity (Wildman–Crippen MR) is 165 cm³/mol. The molecule has 1 atom stereocenters. The van der Waals surface area contributed by atoms with Crippen molar-refractivity contribution in [3.63, 3.8) is 0 Å². The zero-order chi connectivity index (χ0) is 32.1. The third kappa shape index (κ3) is 5.42. The van der Waals surface area contributed by atoms with Gasteiger partial charge in [0.2, 0.25) is 0 Å². The van der Waals surface area contributed by atoms with Gasteiger partial charge in [-0.05, 0) is 53.5 Å². The molecule has 4 aromatic rings. The van der Waals surface area contributed by atoms with Gasteiger partial charge >= 0.3 is 6.18 Å². The lowest BCUT2D eigenvalue weighted by molar-refractivity contribution is -0.195. The molecule has 2 aromatic heterocycles. The Morgan fingerprint density at radius 2 is 1.87 bits per heavy atom. The zero-order valence-corrected chi connectivity index (χ0v) is 24.8. The van der Waals surface area contributed by atoms with Crippen LogP contribution in [0.3, 0.4) is 0 Å². The van der Waals surface area contributed by atoms with Crippen LogP contribution in [0.4, 0.5) is 28.9 Å². The van der Waals surface area contributed by atoms with Crippen LogP contribution in [0, 0.1) is 34.9 Å². The Morgan fingerprint density at radius 3 is 2.53 bits per heavy atom. The number of halogens is 4. The van der Waals surface area contributed by atoms with Crippen LogP contribution in [0.25, 0.3) is 21.7 Å². The summed E-state index contributed by atoms with van der Waals surface area (Å²) >= 11 is 0. The van der Waals surface area contributed by atoms with Gasteiger partial charge in [0.15, 0.2) is 5.54 Å². The summed E-state index contributed by atoms with van der Waals surface area (Å²) in [6, 6.07) is 9.35. The summed E-state index contributed by atoms with van der Waals surface area (Å²) in [4.78, 5) is 8.52. The fourth-order valence-electron chi connectivity index (χ4n) is 5.53. The highest BCUT2D eigenvalue weighted by atomic mass is 19.4. The van der Waals surface area contributed by atoms with Crippen molar-refractivity contribution < 1.29 is 17.6 Å². The highest BCUT2D eigenvalue weighted by Gasteiger charge is 2.67. The van der Waals surface area contributed by atoms with Gasteiger partial charge in [-0.3, -0.25) is 15.0 Å². The second-order valence-corrected chi connectivity index (χ2v) is 12.5. The van der Waals surface area contributed by atoms with E-state index in [1.165, 1.54) is 24.7 Å². The quantitative estimate of drug-likeness (QED) is 0.136. The van der Waals surface area contributed by atoms with Crippen molar-refractivity contribution in [2.75, 3.05) is 17.2 Å². The van der Waals surface area contributed by atoms with Crippen molar-refractivity contribution >= 4 is 33.1 Å². The largest absolute Gasteiger partial charge is 0.413 e. The summed E-state index contributed by atoms with van der Waals surface area (Å²) in [6.07, 6.45) is 7.12. The van der Waals surface area contributed by atoms with Crippen LogP contribution in [0.5, 0.6) is 0 Å². The maximum Gasteiger partial charge on any atom is 0.413 e. The minimum absolute atomic E-state index is 0.0523. The average Bonchev–Trinajstić information content (AvgIpc) is 3.69. The molecule has 1 aliphatic heterocycles. The van der Waals surface area contributed by atoms with E-state index in [4.69, 9.17) is 6.42 Å². The number of anilines is 2. The lowest BCUT2D eigenvalue weighted by Crippen LogP contribution is -2.52. The minimum Gasteiger partial charge on any atom is -0.383 e. The zero-order valence-electron chi connectivity index (χ0n) is 24.8. The van der Waals surface area contributed by atoms with E-state index in [1.54, 1.807) is 30.5 Å². The molecule has 0 radical (unpaired) electrons. The lowest BCUT2D eigenvalue weighted by Gasteiger charge is -2.28. The number of terminal acetylenes is 1. The summed E-state index contributed by atoms with van der Waals surface area (Å²) < 4.78 is 56.9. The topological polar surface area (TPSA) is 101 Å². The smallest absolute Gasteiger partial charge is 0.383 e. The standard InChI is InChI=1S/C33H30F4N8/c1-5-19-15-40-29-20(14-38)12-21(13-24(29)28(19)41-18-31(2,3)4)42-30(23-6-7-26(34)25-16-39-11-8-22(23)25)27-17-45(44-43-27)32(9-10-32)33(35,36)37/h1,6-8,11-13,15-17,30,42-44H,9-10,18H2,2-4H3,(H,40,41)/t30-/m0/s1. The molecule has 45 heavy (non-hydrogen) atoms. The van der Waals surface area contributed by atoms with E-state index < -0.39 is 23.6 Å². The SMILES string of the molecule is C#Cc1cnc2c(C#N)cc(N[C@H](C3=CN(C4(C(F)(F)F)CC4)NN3)c3ccc(F)c4cnccc34)cc2c1NCC(C)(C)C. The van der Waals surface area contributed by atoms with E-state index in [1.807, 2.05) is 0 Å². The molecule has 12 heteroatoms. The maximum atomic E-state index is 14.8. The predicted octanol–water partition coefficient (Wildman–Crippen LogP) is 6.65. The highest BCUT2D eigenvalue weighted by molar-refractivity contribution is 5.99. The third-order valence-corrected chi connectivity index (χ3v) is 8.08. The van der Waals surface area contributed by atoms with Crippen LogP contribution in [0.15, 0.2) is 60.8 Å². The molecule has 0 amide bonds. The van der Waals surface area contributed by atoms with Gasteiger partial charge in [0, 0.05) is 47.8 Å². The first-order valence-electron chi connectivity index (χ1n) is 14.3. The average molecular weight is 615 g/mol. The van der Waals surface area contributed by atoms with E-state index in [-0.39, 0.29) is 29.2 Å². The molecule has 8 nitrogen and oxygen atoms in total. The van der Waals surface area contributed by atoms with E-state index in [9.17, 15) is 22.8 Å². The molecule has 2 aromatic carbocycles. The Hall–Kier alpha value is -5.07. The van der Waals surface area contributed by atoms with Crippen LogP contribution in [-0.2, 0) is 0 Å². The number of rotatable bonds is 7. The number of hydrogen-bond donors (Lipinski definition) is 4. The van der Waals surface area contributed by atoms with Crippen LogP contribution >= 0.6 is 0 Å². The van der Waals surface area contributed by atoms with Crippen molar-refractivity contribution in [3.8, 4) is 18.4 Å². The van der Waals surface area contributed by atoms with Gasteiger partial charge in [0.05, 0.1) is 34.1 Å². The third-order valence-electron chi connectivity index (χ3n) is 8.08. The Labute approximate surface area is 257 Å². The van der Waals surface area contributed by atoms with Crippen molar-refractivity contribution in [1.29, 1.82) is 5.26 Å². The van der Waals surface area contributed by atoms with Gasteiger partial charge in [-0.25, -0.2) is 4.39 Å². The molecule has 1 saturated carbocycles. The van der Waals surface area contributed by atoms with Crippen LogP contribution < -0.4 is 21.6 Å². The Bertz CT molecular complexity index is 1930. The van der Waals surface area contributed by atoms with Gasteiger partial charge in [0.25, 0.3) is 0 Å². The second kappa shape index (κ2) is 10.8. The normalized spacial score (nSPS) is 16.5. The number of benzene rings is 2. The van der Waals surface area contributed by atoms with E-state index in [2.05, 4.69) is 64.3 Å². The van der Waals surface area contributed by atoms with Gasteiger partial charge in [-0.2, -0.15) is 18.4 Å². The number of hydrogen-bond acceptors (Lipinski definition) is 8. The van der Waals surface area contributed by atoms with Crippen molar-refractivity contribution in [2.45, 2.75) is 51.4 Å². The number of fused-ring (bicyclic) bond motifs is 2. The molecule has 3 heterocycles. The fourth-order valence-corrected chi connectivity index (χ4v) is 5.53. The Morgan fingerprint density at radius 1 is 1.09 bits per heavy atom. The van der Waals surface area contributed by atoms with Crippen LogP contribution in [-0.4, -0.2) is 33.2 Å². The molecule has 0 unspecified atom stereocenters. The molecule has 4 N–H and O–H groups in total. The summed E-state index contributed by atoms with van der Waals surface area (Å²) in [7, 11) is 0. The number of nitrogens with one attached hydrogen (secondary N) is 4. The first kappa shape index (κ1) is 30.0. The maximum absolute atomic E-state index is 14.8. The molecule has 0 saturated heterocycles. The van der Waals surface area contributed by atoms with Crippen molar-refractivity contribution in [3.05, 3.63) is 83.3 Å². The van der Waals surface area contributed by atoms with E-state index in [0.29, 0.717) is 51.0 Å².